The Hall–Kier alpha value is -0.340. The highest BCUT2D eigenvalue weighted by atomic mass is 35.5. The zero-order valence-electron chi connectivity index (χ0n) is 5.96. The predicted molar refractivity (Wildman–Crippen MR) is 50.8 cm³/mol. The molecule has 0 saturated heterocycles. The number of rotatable bonds is 3. The van der Waals surface area contributed by atoms with Gasteiger partial charge in [-0.2, -0.15) is 12.6 Å². The molecule has 0 aromatic heterocycles. The van der Waals surface area contributed by atoms with Crippen LogP contribution in [0.25, 0.3) is 0 Å². The molecule has 0 amide bonds. The van der Waals surface area contributed by atoms with Crippen molar-refractivity contribution in [2.45, 2.75) is 0 Å². The standard InChI is InChI=1S/C8H9ClOS/c9-7-3-1-2-4-8(7)10-5-6-11/h1-4,11H,5-6H2. The second-order valence-electron chi connectivity index (χ2n) is 2.00. The molecule has 0 saturated carbocycles. The van der Waals surface area contributed by atoms with Gasteiger partial charge in [0.1, 0.15) is 5.75 Å². The fourth-order valence-corrected chi connectivity index (χ4v) is 0.999. The molecular formula is C8H9ClOS. The van der Waals surface area contributed by atoms with Crippen LogP contribution < -0.4 is 4.74 Å². The van der Waals surface area contributed by atoms with Gasteiger partial charge in [-0.15, -0.1) is 0 Å². The summed E-state index contributed by atoms with van der Waals surface area (Å²) in [7, 11) is 0. The van der Waals surface area contributed by atoms with Crippen LogP contribution in [0, 0.1) is 0 Å². The van der Waals surface area contributed by atoms with Gasteiger partial charge in [0.25, 0.3) is 0 Å². The van der Waals surface area contributed by atoms with Gasteiger partial charge in [-0.1, -0.05) is 23.7 Å². The molecule has 0 heterocycles. The lowest BCUT2D eigenvalue weighted by Crippen LogP contribution is -1.97. The van der Waals surface area contributed by atoms with Gasteiger partial charge in [0, 0.05) is 5.75 Å². The Labute approximate surface area is 76.7 Å². The average Bonchev–Trinajstić information content (AvgIpc) is 2.03. The van der Waals surface area contributed by atoms with E-state index in [0.717, 1.165) is 5.75 Å². The molecule has 60 valence electrons. The van der Waals surface area contributed by atoms with Gasteiger partial charge in [0.05, 0.1) is 11.6 Å². The first-order valence-corrected chi connectivity index (χ1v) is 4.34. The zero-order chi connectivity index (χ0) is 8.10. The molecule has 11 heavy (non-hydrogen) atoms. The second-order valence-corrected chi connectivity index (χ2v) is 2.86. The van der Waals surface area contributed by atoms with Crippen LogP contribution in [0.5, 0.6) is 5.75 Å². The molecule has 0 aliphatic rings. The van der Waals surface area contributed by atoms with Crippen molar-refractivity contribution < 1.29 is 4.74 Å². The Morgan fingerprint density at radius 3 is 2.73 bits per heavy atom. The quantitative estimate of drug-likeness (QED) is 0.718. The fourth-order valence-electron chi connectivity index (χ4n) is 0.717. The predicted octanol–water partition coefficient (Wildman–Crippen LogP) is 2.65. The van der Waals surface area contributed by atoms with Crippen molar-refractivity contribution in [2.75, 3.05) is 12.4 Å². The topological polar surface area (TPSA) is 9.23 Å². The van der Waals surface area contributed by atoms with Gasteiger partial charge in [-0.3, -0.25) is 0 Å². The fraction of sp³-hybridized carbons (Fsp3) is 0.250. The van der Waals surface area contributed by atoms with Gasteiger partial charge in [-0.25, -0.2) is 0 Å². The van der Waals surface area contributed by atoms with Crippen LogP contribution in [0.15, 0.2) is 24.3 Å². The van der Waals surface area contributed by atoms with E-state index < -0.39 is 0 Å². The molecule has 0 aliphatic heterocycles. The molecule has 0 radical (unpaired) electrons. The van der Waals surface area contributed by atoms with E-state index >= 15 is 0 Å². The molecule has 0 spiro atoms. The van der Waals surface area contributed by atoms with E-state index in [1.807, 2.05) is 18.2 Å². The molecule has 1 rings (SSSR count). The van der Waals surface area contributed by atoms with Crippen molar-refractivity contribution in [1.29, 1.82) is 0 Å². The summed E-state index contributed by atoms with van der Waals surface area (Å²) in [6.45, 7) is 0.590. The average molecular weight is 189 g/mol. The van der Waals surface area contributed by atoms with E-state index in [1.54, 1.807) is 6.07 Å². The number of thiol groups is 1. The lowest BCUT2D eigenvalue weighted by molar-refractivity contribution is 0.344. The van der Waals surface area contributed by atoms with Crippen molar-refractivity contribution in [1.82, 2.24) is 0 Å². The Morgan fingerprint density at radius 2 is 2.09 bits per heavy atom. The third kappa shape index (κ3) is 2.64. The van der Waals surface area contributed by atoms with Gasteiger partial charge in [0.15, 0.2) is 0 Å². The van der Waals surface area contributed by atoms with E-state index in [0.29, 0.717) is 17.4 Å². The first-order valence-electron chi connectivity index (χ1n) is 3.33. The first-order chi connectivity index (χ1) is 5.34. The van der Waals surface area contributed by atoms with E-state index in [1.165, 1.54) is 0 Å². The highest BCUT2D eigenvalue weighted by Gasteiger charge is 1.96. The molecule has 0 bridgehead atoms. The van der Waals surface area contributed by atoms with Crippen molar-refractivity contribution in [3.8, 4) is 5.75 Å². The third-order valence-corrected chi connectivity index (χ3v) is 1.68. The van der Waals surface area contributed by atoms with Crippen molar-refractivity contribution in [3.63, 3.8) is 0 Å². The summed E-state index contributed by atoms with van der Waals surface area (Å²) >= 11 is 9.83. The van der Waals surface area contributed by atoms with Crippen LogP contribution in [0.3, 0.4) is 0 Å². The van der Waals surface area contributed by atoms with Crippen LogP contribution in [-0.4, -0.2) is 12.4 Å². The summed E-state index contributed by atoms with van der Waals surface area (Å²) < 4.78 is 5.28. The van der Waals surface area contributed by atoms with Gasteiger partial charge < -0.3 is 4.74 Å². The minimum Gasteiger partial charge on any atom is -0.491 e. The summed E-state index contributed by atoms with van der Waals surface area (Å²) in [4.78, 5) is 0. The van der Waals surface area contributed by atoms with Crippen molar-refractivity contribution >= 4 is 24.2 Å². The lowest BCUT2D eigenvalue weighted by atomic mass is 10.3. The number of halogens is 1. The van der Waals surface area contributed by atoms with Crippen LogP contribution in [0.4, 0.5) is 0 Å². The van der Waals surface area contributed by atoms with Gasteiger partial charge >= 0.3 is 0 Å². The van der Waals surface area contributed by atoms with Gasteiger partial charge in [0.2, 0.25) is 0 Å². The summed E-state index contributed by atoms with van der Waals surface area (Å²) in [5.41, 5.74) is 0. The van der Waals surface area contributed by atoms with Crippen LogP contribution in [0.2, 0.25) is 5.02 Å². The van der Waals surface area contributed by atoms with E-state index in [-0.39, 0.29) is 0 Å². The number of benzene rings is 1. The minimum atomic E-state index is 0.590. The highest BCUT2D eigenvalue weighted by Crippen LogP contribution is 2.22. The Kier molecular flexibility index (Phi) is 3.60. The van der Waals surface area contributed by atoms with Crippen molar-refractivity contribution in [3.05, 3.63) is 29.3 Å². The monoisotopic (exact) mass is 188 g/mol. The largest absolute Gasteiger partial charge is 0.491 e. The number of ether oxygens (including phenoxy) is 1. The number of hydrogen-bond acceptors (Lipinski definition) is 2. The summed E-state index contributed by atoms with van der Waals surface area (Å²) in [6, 6.07) is 7.40. The second kappa shape index (κ2) is 4.52. The summed E-state index contributed by atoms with van der Waals surface area (Å²) in [5.74, 6) is 1.42. The van der Waals surface area contributed by atoms with E-state index in [2.05, 4.69) is 12.6 Å². The number of hydrogen-bond donors (Lipinski definition) is 1. The van der Waals surface area contributed by atoms with Crippen molar-refractivity contribution in [2.24, 2.45) is 0 Å². The Bertz CT molecular complexity index is 227. The molecule has 0 N–H and O–H groups in total. The van der Waals surface area contributed by atoms with Crippen LogP contribution >= 0.6 is 24.2 Å². The molecule has 0 aliphatic carbocycles. The molecule has 0 unspecified atom stereocenters. The van der Waals surface area contributed by atoms with E-state index in [4.69, 9.17) is 16.3 Å². The Balaban J connectivity index is 2.62. The molecule has 0 fully saturated rings. The smallest absolute Gasteiger partial charge is 0.137 e. The first kappa shape index (κ1) is 8.75. The summed E-state index contributed by atoms with van der Waals surface area (Å²) in [6.07, 6.45) is 0. The maximum absolute atomic E-state index is 5.81. The van der Waals surface area contributed by atoms with E-state index in [9.17, 15) is 0 Å². The molecule has 1 aromatic rings. The molecule has 1 nitrogen and oxygen atoms in total. The molecular weight excluding hydrogens is 180 g/mol. The maximum Gasteiger partial charge on any atom is 0.137 e. The highest BCUT2D eigenvalue weighted by molar-refractivity contribution is 7.80. The third-order valence-electron chi connectivity index (χ3n) is 1.19. The molecule has 1 aromatic carbocycles. The molecule has 0 atom stereocenters. The lowest BCUT2D eigenvalue weighted by Gasteiger charge is -2.04. The summed E-state index contributed by atoms with van der Waals surface area (Å²) in [5, 5.41) is 0.647. The van der Waals surface area contributed by atoms with Gasteiger partial charge in [-0.05, 0) is 12.1 Å². The normalized spacial score (nSPS) is 9.64. The van der Waals surface area contributed by atoms with Crippen LogP contribution in [-0.2, 0) is 0 Å². The maximum atomic E-state index is 5.81. The molecule has 3 heteroatoms. The zero-order valence-corrected chi connectivity index (χ0v) is 7.61. The SMILES string of the molecule is SCCOc1ccccc1Cl. The van der Waals surface area contributed by atoms with Crippen LogP contribution in [0.1, 0.15) is 0 Å². The Morgan fingerprint density at radius 1 is 1.36 bits per heavy atom. The minimum absolute atomic E-state index is 0.590. The number of para-hydroxylation sites is 1.